The fourth-order valence-electron chi connectivity index (χ4n) is 5.80. The van der Waals surface area contributed by atoms with Crippen molar-refractivity contribution in [2.24, 2.45) is 0 Å². The molecule has 2 N–H and O–H groups in total. The predicted molar refractivity (Wildman–Crippen MR) is 155 cm³/mol. The van der Waals surface area contributed by atoms with Crippen LogP contribution in [-0.2, 0) is 9.59 Å². The number of amides is 1. The van der Waals surface area contributed by atoms with E-state index in [2.05, 4.69) is 16.7 Å². The Morgan fingerprint density at radius 3 is 2.30 bits per heavy atom. The predicted octanol–water partition coefficient (Wildman–Crippen LogP) is 6.02. The molecule has 7 nitrogen and oxygen atoms in total. The first-order valence-corrected chi connectivity index (χ1v) is 13.3. The molecule has 0 fully saturated rings. The van der Waals surface area contributed by atoms with Crippen LogP contribution in [0.2, 0.25) is 0 Å². The van der Waals surface area contributed by atoms with Gasteiger partial charge in [0.1, 0.15) is 5.75 Å². The lowest BCUT2D eigenvalue weighted by Gasteiger charge is -2.37. The number of methoxy groups -OCH3 is 3. The SMILES string of the molecule is COc1ccccc1NC(=O)C1=C(C)NC2=C(C(=O)CC(c3ccc(OC)c(OC)c3)C2)C1c1cccc(C)c1. The summed E-state index contributed by atoms with van der Waals surface area (Å²) in [4.78, 5) is 27.9. The largest absolute Gasteiger partial charge is 0.495 e. The highest BCUT2D eigenvalue weighted by Gasteiger charge is 2.41. The fourth-order valence-corrected chi connectivity index (χ4v) is 5.80. The summed E-state index contributed by atoms with van der Waals surface area (Å²) < 4.78 is 16.4. The number of aryl methyl sites for hydroxylation is 1. The van der Waals surface area contributed by atoms with Crippen LogP contribution in [0.5, 0.6) is 17.2 Å². The van der Waals surface area contributed by atoms with E-state index in [1.165, 1.54) is 0 Å². The second-order valence-electron chi connectivity index (χ2n) is 10.2. The molecule has 3 aromatic carbocycles. The van der Waals surface area contributed by atoms with Crippen molar-refractivity contribution in [2.45, 2.75) is 38.5 Å². The Hall–Kier alpha value is -4.52. The Bertz CT molecular complexity index is 1540. The van der Waals surface area contributed by atoms with Gasteiger partial charge in [-0.15, -0.1) is 0 Å². The van der Waals surface area contributed by atoms with Crippen LogP contribution in [0.15, 0.2) is 89.3 Å². The maximum Gasteiger partial charge on any atom is 0.254 e. The van der Waals surface area contributed by atoms with Gasteiger partial charge >= 0.3 is 0 Å². The standard InChI is InChI=1S/C33H34N2O5/c1-19-9-8-10-22(15-19)31-30(33(37)35-24-11-6-7-12-27(24)38-3)20(2)34-25-16-23(17-26(36)32(25)31)21-13-14-28(39-4)29(18-21)40-5/h6-15,18,23,31,34H,16-17H2,1-5H3,(H,35,37). The number of Topliss-reactive ketones (excluding diaryl/α,β-unsaturated/α-hetero) is 1. The van der Waals surface area contributed by atoms with Crippen molar-refractivity contribution in [1.29, 1.82) is 0 Å². The van der Waals surface area contributed by atoms with Crippen molar-refractivity contribution in [3.05, 3.63) is 106 Å². The van der Waals surface area contributed by atoms with Crippen LogP contribution in [0.3, 0.4) is 0 Å². The molecule has 206 valence electrons. The zero-order chi connectivity index (χ0) is 28.4. The van der Waals surface area contributed by atoms with E-state index in [1.54, 1.807) is 33.5 Å². The van der Waals surface area contributed by atoms with E-state index in [0.29, 0.717) is 46.9 Å². The van der Waals surface area contributed by atoms with Gasteiger partial charge in [0.25, 0.3) is 5.91 Å². The molecule has 0 saturated heterocycles. The molecule has 2 unspecified atom stereocenters. The minimum Gasteiger partial charge on any atom is -0.495 e. The smallest absolute Gasteiger partial charge is 0.254 e. The van der Waals surface area contributed by atoms with E-state index in [9.17, 15) is 9.59 Å². The van der Waals surface area contributed by atoms with E-state index in [-0.39, 0.29) is 17.6 Å². The topological polar surface area (TPSA) is 85.9 Å². The van der Waals surface area contributed by atoms with E-state index >= 15 is 0 Å². The number of ketones is 1. The summed E-state index contributed by atoms with van der Waals surface area (Å²) in [5.41, 5.74) is 6.30. The van der Waals surface area contributed by atoms with Gasteiger partial charge in [-0.3, -0.25) is 9.59 Å². The maximum absolute atomic E-state index is 14.0. The van der Waals surface area contributed by atoms with E-state index in [0.717, 1.165) is 28.1 Å². The third kappa shape index (κ3) is 5.07. The van der Waals surface area contributed by atoms with Crippen LogP contribution in [0.25, 0.3) is 0 Å². The van der Waals surface area contributed by atoms with Gasteiger partial charge in [-0.05, 0) is 61.6 Å². The summed E-state index contributed by atoms with van der Waals surface area (Å²) >= 11 is 0. The molecule has 1 aliphatic heterocycles. The summed E-state index contributed by atoms with van der Waals surface area (Å²) in [6, 6.07) is 21.1. The van der Waals surface area contributed by atoms with E-state index < -0.39 is 5.92 Å². The van der Waals surface area contributed by atoms with Gasteiger partial charge in [0.15, 0.2) is 17.3 Å². The second-order valence-corrected chi connectivity index (χ2v) is 10.2. The minimum atomic E-state index is -0.496. The van der Waals surface area contributed by atoms with Crippen molar-refractivity contribution >= 4 is 17.4 Å². The first kappa shape index (κ1) is 27.1. The third-order valence-electron chi connectivity index (χ3n) is 7.68. The molecule has 1 heterocycles. The van der Waals surface area contributed by atoms with Gasteiger partial charge in [0.2, 0.25) is 0 Å². The van der Waals surface area contributed by atoms with Crippen LogP contribution < -0.4 is 24.8 Å². The lowest BCUT2D eigenvalue weighted by atomic mass is 9.71. The molecule has 1 amide bonds. The number of para-hydroxylation sites is 2. The molecular weight excluding hydrogens is 504 g/mol. The van der Waals surface area contributed by atoms with Crippen LogP contribution in [0.4, 0.5) is 5.69 Å². The number of ether oxygens (including phenoxy) is 3. The highest BCUT2D eigenvalue weighted by atomic mass is 16.5. The Morgan fingerprint density at radius 1 is 0.825 bits per heavy atom. The molecule has 2 atom stereocenters. The molecule has 1 aliphatic carbocycles. The minimum absolute atomic E-state index is 0.0233. The molecule has 0 saturated carbocycles. The molecule has 0 bridgehead atoms. The maximum atomic E-state index is 14.0. The fraction of sp³-hybridized carbons (Fsp3) is 0.273. The van der Waals surface area contributed by atoms with E-state index in [1.807, 2.05) is 62.4 Å². The van der Waals surface area contributed by atoms with Crippen molar-refractivity contribution in [1.82, 2.24) is 5.32 Å². The van der Waals surface area contributed by atoms with Crippen LogP contribution in [0.1, 0.15) is 48.3 Å². The number of benzene rings is 3. The Labute approximate surface area is 234 Å². The number of allylic oxidation sites excluding steroid dienone is 3. The summed E-state index contributed by atoms with van der Waals surface area (Å²) in [6.45, 7) is 3.91. The summed E-state index contributed by atoms with van der Waals surface area (Å²) in [6.07, 6.45) is 0.969. The summed E-state index contributed by atoms with van der Waals surface area (Å²) in [7, 11) is 4.78. The highest BCUT2D eigenvalue weighted by molar-refractivity contribution is 6.10. The number of hydrogen-bond donors (Lipinski definition) is 2. The molecule has 3 aromatic rings. The lowest BCUT2D eigenvalue weighted by Crippen LogP contribution is -2.37. The summed E-state index contributed by atoms with van der Waals surface area (Å²) in [5, 5.41) is 6.47. The van der Waals surface area contributed by atoms with Gasteiger partial charge < -0.3 is 24.8 Å². The number of nitrogens with one attached hydrogen (secondary N) is 2. The van der Waals surface area contributed by atoms with E-state index in [4.69, 9.17) is 14.2 Å². The zero-order valence-corrected chi connectivity index (χ0v) is 23.5. The van der Waals surface area contributed by atoms with Crippen LogP contribution in [-0.4, -0.2) is 33.0 Å². The average Bonchev–Trinajstić information content (AvgIpc) is 2.96. The zero-order valence-electron chi connectivity index (χ0n) is 23.5. The number of carbonyl (C=O) groups is 2. The average molecular weight is 539 g/mol. The van der Waals surface area contributed by atoms with Gasteiger partial charge in [0, 0.05) is 34.9 Å². The van der Waals surface area contributed by atoms with Gasteiger partial charge in [0.05, 0.1) is 27.0 Å². The van der Waals surface area contributed by atoms with Crippen LogP contribution >= 0.6 is 0 Å². The lowest BCUT2D eigenvalue weighted by molar-refractivity contribution is -0.116. The number of anilines is 1. The van der Waals surface area contributed by atoms with Crippen molar-refractivity contribution < 1.29 is 23.8 Å². The monoisotopic (exact) mass is 538 g/mol. The van der Waals surface area contributed by atoms with Gasteiger partial charge in [-0.25, -0.2) is 0 Å². The first-order valence-electron chi connectivity index (χ1n) is 13.3. The third-order valence-corrected chi connectivity index (χ3v) is 7.68. The number of dihydropyridines is 1. The number of carbonyl (C=O) groups excluding carboxylic acids is 2. The molecule has 2 aliphatic rings. The normalized spacial score (nSPS) is 18.6. The Kier molecular flexibility index (Phi) is 7.65. The quantitative estimate of drug-likeness (QED) is 0.383. The van der Waals surface area contributed by atoms with Gasteiger partial charge in [-0.2, -0.15) is 0 Å². The Morgan fingerprint density at radius 2 is 1.57 bits per heavy atom. The molecular formula is C33H34N2O5. The molecule has 0 radical (unpaired) electrons. The van der Waals surface area contributed by atoms with Crippen molar-refractivity contribution in [2.75, 3.05) is 26.6 Å². The Balaban J connectivity index is 1.55. The molecule has 5 rings (SSSR count). The number of hydrogen-bond acceptors (Lipinski definition) is 6. The molecule has 0 aromatic heterocycles. The molecule has 40 heavy (non-hydrogen) atoms. The van der Waals surface area contributed by atoms with Crippen molar-refractivity contribution in [3.8, 4) is 17.2 Å². The molecule has 7 heteroatoms. The van der Waals surface area contributed by atoms with Gasteiger partial charge in [-0.1, -0.05) is 48.0 Å². The number of rotatable bonds is 7. The first-order chi connectivity index (χ1) is 19.3. The molecule has 0 spiro atoms. The highest BCUT2D eigenvalue weighted by Crippen LogP contribution is 2.46. The van der Waals surface area contributed by atoms with Crippen LogP contribution in [0, 0.1) is 6.92 Å². The second kappa shape index (κ2) is 11.3. The summed E-state index contributed by atoms with van der Waals surface area (Å²) in [5.74, 6) is 1.06. The van der Waals surface area contributed by atoms with Crippen molar-refractivity contribution in [3.63, 3.8) is 0 Å².